The summed E-state index contributed by atoms with van der Waals surface area (Å²) in [4.78, 5) is 38.8. The van der Waals surface area contributed by atoms with E-state index >= 15 is 0 Å². The van der Waals surface area contributed by atoms with Crippen LogP contribution in [0.25, 0.3) is 16.0 Å². The van der Waals surface area contributed by atoms with Gasteiger partial charge in [-0.05, 0) is 54.8 Å². The summed E-state index contributed by atoms with van der Waals surface area (Å²) in [7, 11) is 0. The molecule has 0 spiro atoms. The molecule has 4 rings (SSSR count). The molecule has 0 unspecified atom stereocenters. The minimum atomic E-state index is -0.437. The zero-order valence-electron chi connectivity index (χ0n) is 18.0. The van der Waals surface area contributed by atoms with Gasteiger partial charge in [0, 0.05) is 12.2 Å². The van der Waals surface area contributed by atoms with E-state index in [1.54, 1.807) is 16.0 Å². The van der Waals surface area contributed by atoms with Crippen molar-refractivity contribution in [1.82, 2.24) is 18.7 Å². The Hall–Kier alpha value is -3.20. The lowest BCUT2D eigenvalue weighted by Crippen LogP contribution is -2.29. The summed E-state index contributed by atoms with van der Waals surface area (Å²) in [6.45, 7) is 8.23. The highest BCUT2D eigenvalue weighted by Crippen LogP contribution is 2.18. The van der Waals surface area contributed by atoms with Gasteiger partial charge in [-0.2, -0.15) is 0 Å². The highest BCUT2D eigenvalue weighted by atomic mass is 32.1. The third kappa shape index (κ3) is 3.93. The second-order valence-corrected chi connectivity index (χ2v) is 9.13. The summed E-state index contributed by atoms with van der Waals surface area (Å²) in [5.74, 6) is 0.307. The molecular weight excluding hydrogens is 414 g/mol. The maximum atomic E-state index is 13.1. The number of amides is 1. The number of thiophene rings is 1. The smallest absolute Gasteiger partial charge is 0.324 e. The molecule has 1 aromatic carbocycles. The number of aryl methyl sites for hydroxylation is 3. The van der Waals surface area contributed by atoms with Gasteiger partial charge in [0.1, 0.15) is 11.2 Å². The van der Waals surface area contributed by atoms with Gasteiger partial charge in [0.05, 0.1) is 5.52 Å². The predicted octanol–water partition coefficient (Wildman–Crippen LogP) is 3.17. The number of carbonyl (C=O) groups excluding carboxylic acids is 1. The second-order valence-electron chi connectivity index (χ2n) is 8.22. The molecule has 162 valence electrons. The fraction of sp³-hybridized carbons (Fsp3) is 0.364. The zero-order valence-corrected chi connectivity index (χ0v) is 18.8. The number of aromatic nitrogens is 4. The molecule has 0 aliphatic carbocycles. The van der Waals surface area contributed by atoms with Crippen LogP contribution in [0, 0.1) is 19.8 Å². The van der Waals surface area contributed by atoms with Gasteiger partial charge in [0.2, 0.25) is 11.7 Å². The molecule has 1 amide bonds. The molecule has 0 aliphatic rings. The number of anilines is 1. The molecule has 8 nitrogen and oxygen atoms in total. The molecule has 0 saturated carbocycles. The Balaban J connectivity index is 1.75. The largest absolute Gasteiger partial charge is 0.352 e. The zero-order chi connectivity index (χ0) is 22.3. The van der Waals surface area contributed by atoms with E-state index in [0.29, 0.717) is 28.4 Å². The summed E-state index contributed by atoms with van der Waals surface area (Å²) in [5, 5.41) is 9.02. The lowest BCUT2D eigenvalue weighted by Gasteiger charge is -2.09. The number of fused-ring (bicyclic) bond motifs is 3. The van der Waals surface area contributed by atoms with E-state index in [1.165, 1.54) is 15.7 Å². The van der Waals surface area contributed by atoms with Gasteiger partial charge in [0.15, 0.2) is 0 Å². The van der Waals surface area contributed by atoms with Crippen molar-refractivity contribution in [3.8, 4) is 0 Å². The van der Waals surface area contributed by atoms with Crippen LogP contribution < -0.4 is 16.6 Å². The molecule has 3 aromatic heterocycles. The summed E-state index contributed by atoms with van der Waals surface area (Å²) in [5.41, 5.74) is 2.60. The summed E-state index contributed by atoms with van der Waals surface area (Å²) in [6, 6.07) is 7.53. The van der Waals surface area contributed by atoms with Crippen LogP contribution in [-0.2, 0) is 17.9 Å². The number of nitrogens with zero attached hydrogens (tertiary/aromatic N) is 4. The fourth-order valence-corrected chi connectivity index (χ4v) is 4.35. The molecule has 0 aliphatic heterocycles. The van der Waals surface area contributed by atoms with Crippen molar-refractivity contribution >= 4 is 38.9 Å². The lowest BCUT2D eigenvalue weighted by molar-refractivity contribution is -0.117. The van der Waals surface area contributed by atoms with Crippen LogP contribution in [-0.4, -0.2) is 24.7 Å². The van der Waals surface area contributed by atoms with Gasteiger partial charge >= 0.3 is 5.69 Å². The van der Waals surface area contributed by atoms with Crippen molar-refractivity contribution in [3.63, 3.8) is 0 Å². The summed E-state index contributed by atoms with van der Waals surface area (Å²) < 4.78 is 4.61. The number of hydrogen-bond acceptors (Lipinski definition) is 5. The fourth-order valence-electron chi connectivity index (χ4n) is 3.52. The van der Waals surface area contributed by atoms with E-state index in [9.17, 15) is 14.4 Å². The normalized spacial score (nSPS) is 11.6. The molecule has 0 bridgehead atoms. The van der Waals surface area contributed by atoms with E-state index in [1.807, 2.05) is 32.0 Å². The lowest BCUT2D eigenvalue weighted by atomic mass is 10.1. The third-order valence-corrected chi connectivity index (χ3v) is 6.17. The first kappa shape index (κ1) is 21.0. The Kier molecular flexibility index (Phi) is 5.53. The monoisotopic (exact) mass is 439 g/mol. The van der Waals surface area contributed by atoms with E-state index < -0.39 is 5.69 Å². The van der Waals surface area contributed by atoms with Gasteiger partial charge in [0.25, 0.3) is 5.56 Å². The Morgan fingerprint density at radius 3 is 2.71 bits per heavy atom. The van der Waals surface area contributed by atoms with Gasteiger partial charge in [-0.25, -0.2) is 13.9 Å². The van der Waals surface area contributed by atoms with Crippen LogP contribution in [0.5, 0.6) is 0 Å². The first-order chi connectivity index (χ1) is 14.8. The topological polar surface area (TPSA) is 90.4 Å². The van der Waals surface area contributed by atoms with E-state index in [-0.39, 0.29) is 23.8 Å². The maximum absolute atomic E-state index is 13.1. The Morgan fingerprint density at radius 2 is 1.97 bits per heavy atom. The average molecular weight is 440 g/mol. The van der Waals surface area contributed by atoms with Crippen LogP contribution in [0.15, 0.2) is 39.2 Å². The third-order valence-electron chi connectivity index (χ3n) is 5.28. The van der Waals surface area contributed by atoms with Gasteiger partial charge in [-0.3, -0.25) is 14.2 Å². The molecule has 1 N–H and O–H groups in total. The quantitative estimate of drug-likeness (QED) is 0.500. The Labute approximate surface area is 182 Å². The van der Waals surface area contributed by atoms with E-state index in [4.69, 9.17) is 0 Å². The summed E-state index contributed by atoms with van der Waals surface area (Å²) in [6.07, 6.45) is 0.778. The standard InChI is InChI=1S/C22H25N5O3S/c1-13(2)7-9-25-20(29)19-17(8-10-31-19)27-21(25)24-26(22(27)30)12-18(28)23-16-11-14(3)5-6-15(16)4/h5-6,8,10-11,13H,7,9,12H2,1-4H3,(H,23,28). The molecule has 0 saturated heterocycles. The number of rotatable bonds is 6. The molecule has 31 heavy (non-hydrogen) atoms. The van der Waals surface area contributed by atoms with Gasteiger partial charge in [-0.1, -0.05) is 26.0 Å². The summed E-state index contributed by atoms with van der Waals surface area (Å²) >= 11 is 1.30. The molecule has 0 atom stereocenters. The van der Waals surface area contributed by atoms with Crippen molar-refractivity contribution in [2.45, 2.75) is 47.2 Å². The molecule has 0 radical (unpaired) electrons. The van der Waals surface area contributed by atoms with Crippen LogP contribution in [0.4, 0.5) is 5.69 Å². The van der Waals surface area contributed by atoms with Crippen LogP contribution in [0.3, 0.4) is 0 Å². The minimum absolute atomic E-state index is 0.157. The number of benzene rings is 1. The van der Waals surface area contributed by atoms with Crippen LogP contribution in [0.1, 0.15) is 31.4 Å². The highest BCUT2D eigenvalue weighted by molar-refractivity contribution is 7.17. The SMILES string of the molecule is Cc1ccc(C)c(NC(=O)Cn2nc3n(CCC(C)C)c(=O)c4sccc4n3c2=O)c1. The minimum Gasteiger partial charge on any atom is -0.324 e. The first-order valence-corrected chi connectivity index (χ1v) is 11.1. The van der Waals surface area contributed by atoms with Crippen molar-refractivity contribution in [1.29, 1.82) is 0 Å². The molecule has 0 fully saturated rings. The molecule has 4 aromatic rings. The second kappa shape index (κ2) is 8.14. The molecule has 9 heteroatoms. The van der Waals surface area contributed by atoms with E-state index in [0.717, 1.165) is 22.2 Å². The van der Waals surface area contributed by atoms with Crippen LogP contribution >= 0.6 is 11.3 Å². The first-order valence-electron chi connectivity index (χ1n) is 10.2. The average Bonchev–Trinajstić information content (AvgIpc) is 3.30. The number of hydrogen-bond donors (Lipinski definition) is 1. The van der Waals surface area contributed by atoms with Crippen LogP contribution in [0.2, 0.25) is 0 Å². The maximum Gasteiger partial charge on any atom is 0.352 e. The van der Waals surface area contributed by atoms with Crippen molar-refractivity contribution in [3.05, 3.63) is 61.6 Å². The number of nitrogens with one attached hydrogen (secondary N) is 1. The van der Waals surface area contributed by atoms with Crippen molar-refractivity contribution in [2.24, 2.45) is 5.92 Å². The Bertz CT molecular complexity index is 1410. The number of carbonyl (C=O) groups is 1. The van der Waals surface area contributed by atoms with E-state index in [2.05, 4.69) is 24.3 Å². The molecule has 3 heterocycles. The Morgan fingerprint density at radius 1 is 1.19 bits per heavy atom. The van der Waals surface area contributed by atoms with Gasteiger partial charge in [-0.15, -0.1) is 16.4 Å². The van der Waals surface area contributed by atoms with Crippen molar-refractivity contribution in [2.75, 3.05) is 5.32 Å². The predicted molar refractivity (Wildman–Crippen MR) is 123 cm³/mol. The van der Waals surface area contributed by atoms with Crippen molar-refractivity contribution < 1.29 is 4.79 Å². The molecular formula is C22H25N5O3S. The highest BCUT2D eigenvalue weighted by Gasteiger charge is 2.19. The van der Waals surface area contributed by atoms with Gasteiger partial charge < -0.3 is 5.32 Å².